The monoisotopic (exact) mass is 372 g/mol. The highest BCUT2D eigenvalue weighted by atomic mass is 16.5. The quantitative estimate of drug-likeness (QED) is 0.464. The maximum Gasteiger partial charge on any atom is 0.219 e. The highest BCUT2D eigenvalue weighted by molar-refractivity contribution is 6.03. The lowest BCUT2D eigenvalue weighted by Gasteiger charge is -2.29. The molecule has 0 spiro atoms. The number of aromatic nitrogens is 2. The van der Waals surface area contributed by atoms with Crippen LogP contribution in [0.5, 0.6) is 11.5 Å². The molecule has 0 unspecified atom stereocenters. The molecule has 1 aliphatic rings. The molecule has 2 aromatic heterocycles. The van der Waals surface area contributed by atoms with Crippen molar-refractivity contribution in [3.63, 3.8) is 0 Å². The van der Waals surface area contributed by atoms with Gasteiger partial charge in [0, 0.05) is 24.1 Å². The third-order valence-corrected chi connectivity index (χ3v) is 5.35. The van der Waals surface area contributed by atoms with E-state index in [1.54, 1.807) is 13.2 Å². The molecule has 0 radical (unpaired) electrons. The molecule has 0 fully saturated rings. The van der Waals surface area contributed by atoms with Gasteiger partial charge in [-0.15, -0.1) is 0 Å². The van der Waals surface area contributed by atoms with E-state index in [-0.39, 0.29) is 5.43 Å². The van der Waals surface area contributed by atoms with Gasteiger partial charge in [-0.3, -0.25) is 4.79 Å². The van der Waals surface area contributed by atoms with Crippen LogP contribution in [-0.4, -0.2) is 22.3 Å². The van der Waals surface area contributed by atoms with Crippen molar-refractivity contribution in [2.75, 3.05) is 7.11 Å². The zero-order valence-corrected chi connectivity index (χ0v) is 16.2. The Morgan fingerprint density at radius 3 is 2.75 bits per heavy atom. The number of hydrogen-bond donors (Lipinski definition) is 0. The lowest BCUT2D eigenvalue weighted by Crippen LogP contribution is -2.28. The van der Waals surface area contributed by atoms with Gasteiger partial charge in [-0.2, -0.15) is 0 Å². The van der Waals surface area contributed by atoms with Gasteiger partial charge in [-0.25, -0.2) is 4.98 Å². The molecule has 1 aliphatic heterocycles. The molecule has 28 heavy (non-hydrogen) atoms. The summed E-state index contributed by atoms with van der Waals surface area (Å²) in [5, 5.41) is 1.51. The third-order valence-electron chi connectivity index (χ3n) is 5.35. The van der Waals surface area contributed by atoms with Crippen molar-refractivity contribution >= 4 is 38.9 Å². The first-order chi connectivity index (χ1) is 13.4. The summed E-state index contributed by atoms with van der Waals surface area (Å²) in [6.07, 6.45) is 4.04. The fourth-order valence-electron chi connectivity index (χ4n) is 3.98. The van der Waals surface area contributed by atoms with Gasteiger partial charge in [0.15, 0.2) is 0 Å². The zero-order valence-electron chi connectivity index (χ0n) is 16.2. The van der Waals surface area contributed by atoms with E-state index in [1.807, 2.05) is 67.9 Å². The topological polar surface area (TPSA) is 53.3 Å². The van der Waals surface area contributed by atoms with Crippen molar-refractivity contribution in [1.29, 1.82) is 0 Å². The summed E-state index contributed by atoms with van der Waals surface area (Å²) >= 11 is 0. The van der Waals surface area contributed by atoms with Crippen LogP contribution in [0.25, 0.3) is 38.9 Å². The Morgan fingerprint density at radius 2 is 1.96 bits per heavy atom. The van der Waals surface area contributed by atoms with Gasteiger partial charge in [-0.1, -0.05) is 18.2 Å². The van der Waals surface area contributed by atoms with Crippen LogP contribution in [0.4, 0.5) is 0 Å². The molecular formula is C23H20N2O3. The molecular weight excluding hydrogens is 352 g/mol. The van der Waals surface area contributed by atoms with Crippen molar-refractivity contribution in [1.82, 2.24) is 9.55 Å². The van der Waals surface area contributed by atoms with Gasteiger partial charge < -0.3 is 14.0 Å². The van der Waals surface area contributed by atoms with Crippen LogP contribution in [0, 0.1) is 0 Å². The molecule has 5 rings (SSSR count). The summed E-state index contributed by atoms with van der Waals surface area (Å²) in [4.78, 5) is 18.1. The number of hydrogen-bond acceptors (Lipinski definition) is 4. The SMILES string of the molecule is COc1cc2c(c3c1c(=O)c1nc4ccccc4cc1n3C)C=CC(C)(C)O2. The Labute approximate surface area is 161 Å². The molecule has 0 N–H and O–H groups in total. The third kappa shape index (κ3) is 2.26. The molecule has 0 saturated heterocycles. The van der Waals surface area contributed by atoms with Gasteiger partial charge >= 0.3 is 0 Å². The normalized spacial score (nSPS) is 15.0. The van der Waals surface area contributed by atoms with E-state index >= 15 is 0 Å². The molecule has 5 heteroatoms. The van der Waals surface area contributed by atoms with E-state index < -0.39 is 5.60 Å². The second kappa shape index (κ2) is 5.58. The number of rotatable bonds is 1. The molecule has 2 aromatic carbocycles. The number of ether oxygens (including phenoxy) is 2. The summed E-state index contributed by atoms with van der Waals surface area (Å²) in [6, 6.07) is 11.6. The van der Waals surface area contributed by atoms with Crippen molar-refractivity contribution in [2.45, 2.75) is 19.4 Å². The number of para-hydroxylation sites is 1. The molecule has 0 aliphatic carbocycles. The summed E-state index contributed by atoms with van der Waals surface area (Å²) in [5.41, 5.74) is 3.14. The maximum atomic E-state index is 13.5. The Morgan fingerprint density at radius 1 is 1.18 bits per heavy atom. The van der Waals surface area contributed by atoms with E-state index in [0.717, 1.165) is 27.5 Å². The van der Waals surface area contributed by atoms with Gasteiger partial charge in [0.1, 0.15) is 22.6 Å². The minimum Gasteiger partial charge on any atom is -0.496 e. The van der Waals surface area contributed by atoms with Crippen molar-refractivity contribution in [2.24, 2.45) is 7.05 Å². The predicted octanol–water partition coefficient (Wildman–Crippen LogP) is 4.43. The minimum absolute atomic E-state index is 0.133. The zero-order chi connectivity index (χ0) is 19.6. The Kier molecular flexibility index (Phi) is 3.35. The molecule has 4 aromatic rings. The first-order valence-corrected chi connectivity index (χ1v) is 9.21. The van der Waals surface area contributed by atoms with Crippen molar-refractivity contribution in [3.8, 4) is 11.5 Å². The van der Waals surface area contributed by atoms with E-state index in [4.69, 9.17) is 9.47 Å². The molecule has 140 valence electrons. The summed E-state index contributed by atoms with van der Waals surface area (Å²) in [7, 11) is 3.52. The summed E-state index contributed by atoms with van der Waals surface area (Å²) in [5.74, 6) is 1.21. The van der Waals surface area contributed by atoms with Gasteiger partial charge in [0.2, 0.25) is 5.43 Å². The van der Waals surface area contributed by atoms with E-state index in [1.165, 1.54) is 0 Å². The Balaban J connectivity index is 2.02. The number of methoxy groups -OCH3 is 1. The highest BCUT2D eigenvalue weighted by Gasteiger charge is 2.27. The van der Waals surface area contributed by atoms with Crippen LogP contribution in [0.15, 0.2) is 47.3 Å². The van der Waals surface area contributed by atoms with Crippen LogP contribution in [0.3, 0.4) is 0 Å². The fourth-order valence-corrected chi connectivity index (χ4v) is 3.98. The first-order valence-electron chi connectivity index (χ1n) is 9.21. The number of nitrogens with zero attached hydrogens (tertiary/aromatic N) is 2. The Hall–Kier alpha value is -3.34. The number of fused-ring (bicyclic) bond motifs is 5. The summed E-state index contributed by atoms with van der Waals surface area (Å²) < 4.78 is 13.8. The van der Waals surface area contributed by atoms with Crippen molar-refractivity contribution < 1.29 is 9.47 Å². The van der Waals surface area contributed by atoms with E-state index in [9.17, 15) is 4.79 Å². The molecule has 3 heterocycles. The van der Waals surface area contributed by atoms with E-state index in [0.29, 0.717) is 22.4 Å². The van der Waals surface area contributed by atoms with Crippen LogP contribution < -0.4 is 14.9 Å². The first kappa shape index (κ1) is 16.8. The largest absolute Gasteiger partial charge is 0.496 e. The van der Waals surface area contributed by atoms with Crippen LogP contribution in [0.1, 0.15) is 19.4 Å². The maximum absolute atomic E-state index is 13.5. The standard InChI is InChI=1S/C23H20N2O3/c1-23(2)10-9-14-17(28-23)12-18(27-4)19-21(14)25(3)16-11-13-7-5-6-8-15(13)24-20(16)22(19)26/h5-12H,1-4H3. The second-order valence-corrected chi connectivity index (χ2v) is 7.69. The predicted molar refractivity (Wildman–Crippen MR) is 112 cm³/mol. The number of benzene rings is 2. The molecule has 0 saturated carbocycles. The summed E-state index contributed by atoms with van der Waals surface area (Å²) in [6.45, 7) is 4.00. The number of pyridine rings is 2. The van der Waals surface area contributed by atoms with Crippen LogP contribution in [-0.2, 0) is 7.05 Å². The fraction of sp³-hybridized carbons (Fsp3) is 0.217. The lowest BCUT2D eigenvalue weighted by atomic mass is 9.98. The molecule has 5 nitrogen and oxygen atoms in total. The smallest absolute Gasteiger partial charge is 0.219 e. The average molecular weight is 372 g/mol. The average Bonchev–Trinajstić information content (AvgIpc) is 2.68. The molecule has 0 atom stereocenters. The van der Waals surface area contributed by atoms with Gasteiger partial charge in [0.05, 0.1) is 29.0 Å². The minimum atomic E-state index is -0.417. The number of aryl methyl sites for hydroxylation is 1. The lowest BCUT2D eigenvalue weighted by molar-refractivity contribution is 0.159. The molecule has 0 amide bonds. The van der Waals surface area contributed by atoms with Crippen LogP contribution >= 0.6 is 0 Å². The second-order valence-electron chi connectivity index (χ2n) is 7.69. The van der Waals surface area contributed by atoms with Crippen LogP contribution in [0.2, 0.25) is 0 Å². The highest BCUT2D eigenvalue weighted by Crippen LogP contribution is 2.40. The van der Waals surface area contributed by atoms with E-state index in [2.05, 4.69) is 4.98 Å². The van der Waals surface area contributed by atoms with Gasteiger partial charge in [-0.05, 0) is 38.1 Å². The van der Waals surface area contributed by atoms with Crippen molar-refractivity contribution in [3.05, 3.63) is 58.3 Å². The molecule has 0 bridgehead atoms. The van der Waals surface area contributed by atoms with Gasteiger partial charge in [0.25, 0.3) is 0 Å². The Bertz CT molecular complexity index is 1380.